The van der Waals surface area contributed by atoms with E-state index >= 15 is 0 Å². The van der Waals surface area contributed by atoms with Gasteiger partial charge in [-0.05, 0) is 66.7 Å². The maximum Gasteiger partial charge on any atom is 0.229 e. The molecule has 3 fully saturated rings. The van der Waals surface area contributed by atoms with Crippen molar-refractivity contribution in [2.75, 3.05) is 31.2 Å². The van der Waals surface area contributed by atoms with E-state index < -0.39 is 0 Å². The summed E-state index contributed by atoms with van der Waals surface area (Å²) >= 11 is 6.65. The third-order valence-electron chi connectivity index (χ3n) is 8.10. The molecule has 0 radical (unpaired) electrons. The van der Waals surface area contributed by atoms with E-state index in [-0.39, 0.29) is 5.41 Å². The first kappa shape index (κ1) is 18.3. The second-order valence-electron chi connectivity index (χ2n) is 10.0. The molecular formula is C24H29ClN2O2. The van der Waals surface area contributed by atoms with Crippen molar-refractivity contribution < 1.29 is 9.53 Å². The number of halogens is 1. The van der Waals surface area contributed by atoms with Crippen LogP contribution < -0.4 is 4.90 Å². The summed E-state index contributed by atoms with van der Waals surface area (Å²) in [6.45, 7) is 6.98. The number of allylic oxidation sites excluding steroid dienone is 2. The fourth-order valence-corrected chi connectivity index (χ4v) is 7.16. The number of ether oxygens (including phenoxy) is 1. The number of benzene rings is 1. The van der Waals surface area contributed by atoms with Gasteiger partial charge in [0.05, 0.1) is 29.3 Å². The van der Waals surface area contributed by atoms with Crippen molar-refractivity contribution >= 4 is 23.2 Å². The first-order chi connectivity index (χ1) is 14.0. The molecule has 1 saturated heterocycles. The normalized spacial score (nSPS) is 35.1. The molecule has 29 heavy (non-hydrogen) atoms. The van der Waals surface area contributed by atoms with E-state index in [2.05, 4.69) is 34.9 Å². The molecule has 4 atom stereocenters. The van der Waals surface area contributed by atoms with Crippen molar-refractivity contribution in [1.82, 2.24) is 4.90 Å². The summed E-state index contributed by atoms with van der Waals surface area (Å²) < 4.78 is 5.49. The Labute approximate surface area is 177 Å². The summed E-state index contributed by atoms with van der Waals surface area (Å²) in [5, 5.41) is 0.800. The zero-order chi connectivity index (χ0) is 19.8. The fraction of sp³-hybridized carbons (Fsp3) is 0.625. The largest absolute Gasteiger partial charge is 0.378 e. The van der Waals surface area contributed by atoms with Gasteiger partial charge in [-0.3, -0.25) is 4.79 Å². The Hall–Kier alpha value is -1.52. The highest BCUT2D eigenvalue weighted by atomic mass is 35.5. The standard InChI is InChI=1S/C24H29ClN2O2/c1-15-6-16-7-17-11-24(10-15,12-20(16)17)23(28)27-13-18-8-21(25)22(9-19(18)14-27)26-2-4-29-5-3-26/h6,8-9,15,17,20H,2-5,7,10-14H2,1H3. The van der Waals surface area contributed by atoms with E-state index in [9.17, 15) is 4.79 Å². The highest BCUT2D eigenvalue weighted by Gasteiger charge is 2.58. The van der Waals surface area contributed by atoms with Crippen LogP contribution in [-0.2, 0) is 22.6 Å². The molecule has 1 aromatic rings. The number of amides is 1. The summed E-state index contributed by atoms with van der Waals surface area (Å²) in [5.41, 5.74) is 5.08. The van der Waals surface area contributed by atoms with Crippen molar-refractivity contribution in [3.05, 3.63) is 39.9 Å². The highest BCUT2D eigenvalue weighted by molar-refractivity contribution is 6.33. The summed E-state index contributed by atoms with van der Waals surface area (Å²) in [7, 11) is 0. The summed E-state index contributed by atoms with van der Waals surface area (Å²) in [4.78, 5) is 18.3. The smallest absolute Gasteiger partial charge is 0.229 e. The van der Waals surface area contributed by atoms with Crippen LogP contribution in [0, 0.1) is 23.2 Å². The fourth-order valence-electron chi connectivity index (χ4n) is 6.85. The van der Waals surface area contributed by atoms with Crippen molar-refractivity contribution in [3.8, 4) is 0 Å². The van der Waals surface area contributed by atoms with E-state index in [0.29, 0.717) is 24.3 Å². The minimum absolute atomic E-state index is 0.137. The molecular weight excluding hydrogens is 384 g/mol. The van der Waals surface area contributed by atoms with Crippen LogP contribution in [-0.4, -0.2) is 37.1 Å². The average molecular weight is 413 g/mol. The van der Waals surface area contributed by atoms with Gasteiger partial charge in [0.2, 0.25) is 5.91 Å². The van der Waals surface area contributed by atoms with Gasteiger partial charge in [0.25, 0.3) is 0 Å². The Morgan fingerprint density at radius 3 is 2.69 bits per heavy atom. The second-order valence-corrected chi connectivity index (χ2v) is 10.4. The van der Waals surface area contributed by atoms with E-state index in [4.69, 9.17) is 16.3 Å². The van der Waals surface area contributed by atoms with Gasteiger partial charge in [0, 0.05) is 26.2 Å². The Morgan fingerprint density at radius 1 is 1.14 bits per heavy atom. The van der Waals surface area contributed by atoms with E-state index in [0.717, 1.165) is 68.7 Å². The quantitative estimate of drug-likeness (QED) is 0.675. The lowest BCUT2D eigenvalue weighted by molar-refractivity contribution is -0.143. The van der Waals surface area contributed by atoms with Crippen LogP contribution in [0.15, 0.2) is 23.8 Å². The molecule has 2 bridgehead atoms. The Bertz CT molecular complexity index is 906. The molecule has 4 unspecified atom stereocenters. The monoisotopic (exact) mass is 412 g/mol. The Balaban J connectivity index is 1.25. The molecule has 1 amide bonds. The molecule has 0 aromatic heterocycles. The van der Waals surface area contributed by atoms with Gasteiger partial charge in [-0.1, -0.05) is 30.2 Å². The lowest BCUT2D eigenvalue weighted by Gasteiger charge is -2.37. The number of carbonyl (C=O) groups is 1. The number of anilines is 1. The number of hydrogen-bond donors (Lipinski definition) is 0. The van der Waals surface area contributed by atoms with Gasteiger partial charge < -0.3 is 14.5 Å². The van der Waals surface area contributed by atoms with Crippen molar-refractivity contribution in [2.45, 2.75) is 45.7 Å². The third-order valence-corrected chi connectivity index (χ3v) is 8.40. The summed E-state index contributed by atoms with van der Waals surface area (Å²) in [6.07, 6.45) is 6.92. The molecule has 3 aliphatic carbocycles. The van der Waals surface area contributed by atoms with Crippen LogP contribution in [0.1, 0.15) is 43.7 Å². The molecule has 6 rings (SSSR count). The van der Waals surface area contributed by atoms with E-state index in [1.54, 1.807) is 5.57 Å². The molecule has 1 aromatic carbocycles. The maximum atomic E-state index is 13.8. The number of hydrogen-bond acceptors (Lipinski definition) is 3. The SMILES string of the molecule is CC1C=C2CC3CC(C(=O)N4Cc5cc(Cl)c(N6CCOCC6)cc5C4)(C1)CC23. The van der Waals surface area contributed by atoms with Crippen LogP contribution in [0.5, 0.6) is 0 Å². The predicted molar refractivity (Wildman–Crippen MR) is 114 cm³/mol. The number of fused-ring (bicyclic) bond motifs is 2. The van der Waals surface area contributed by atoms with Gasteiger partial charge in [-0.25, -0.2) is 0 Å². The van der Waals surface area contributed by atoms with Crippen molar-refractivity contribution in [1.29, 1.82) is 0 Å². The number of carbonyl (C=O) groups excluding carboxylic acids is 1. The van der Waals surface area contributed by atoms with Gasteiger partial charge in [0.1, 0.15) is 0 Å². The molecule has 4 nitrogen and oxygen atoms in total. The zero-order valence-electron chi connectivity index (χ0n) is 17.1. The second kappa shape index (κ2) is 6.49. The highest BCUT2D eigenvalue weighted by Crippen LogP contribution is 2.63. The van der Waals surface area contributed by atoms with Crippen LogP contribution in [0.2, 0.25) is 5.02 Å². The number of morpholine rings is 1. The number of rotatable bonds is 2. The molecule has 0 N–H and O–H groups in total. The first-order valence-corrected chi connectivity index (χ1v) is 11.5. The van der Waals surface area contributed by atoms with Gasteiger partial charge in [0.15, 0.2) is 0 Å². The maximum absolute atomic E-state index is 13.8. The van der Waals surface area contributed by atoms with E-state index in [1.807, 2.05) is 0 Å². The van der Waals surface area contributed by atoms with E-state index in [1.165, 1.54) is 17.5 Å². The molecule has 2 saturated carbocycles. The summed E-state index contributed by atoms with van der Waals surface area (Å²) in [5.74, 6) is 2.36. The minimum Gasteiger partial charge on any atom is -0.378 e. The van der Waals surface area contributed by atoms with Crippen LogP contribution in [0.3, 0.4) is 0 Å². The topological polar surface area (TPSA) is 32.8 Å². The van der Waals surface area contributed by atoms with Gasteiger partial charge >= 0.3 is 0 Å². The lowest BCUT2D eigenvalue weighted by atomic mass is 9.69. The van der Waals surface area contributed by atoms with Crippen LogP contribution >= 0.6 is 11.6 Å². The van der Waals surface area contributed by atoms with Crippen LogP contribution in [0.4, 0.5) is 5.69 Å². The lowest BCUT2D eigenvalue weighted by Crippen LogP contribution is -2.41. The molecule has 5 aliphatic rings. The first-order valence-electron chi connectivity index (χ1n) is 11.2. The molecule has 2 aliphatic heterocycles. The van der Waals surface area contributed by atoms with Gasteiger partial charge in [-0.2, -0.15) is 0 Å². The third kappa shape index (κ3) is 2.79. The van der Waals surface area contributed by atoms with Gasteiger partial charge in [-0.15, -0.1) is 0 Å². The predicted octanol–water partition coefficient (Wildman–Crippen LogP) is 4.40. The zero-order valence-corrected chi connectivity index (χ0v) is 17.9. The average Bonchev–Trinajstić information content (AvgIpc) is 3.20. The summed E-state index contributed by atoms with van der Waals surface area (Å²) in [6, 6.07) is 4.32. The molecule has 154 valence electrons. The Kier molecular flexibility index (Phi) is 4.09. The molecule has 0 spiro atoms. The minimum atomic E-state index is -0.137. The number of nitrogens with zero attached hydrogens (tertiary/aromatic N) is 2. The molecule has 2 heterocycles. The van der Waals surface area contributed by atoms with Crippen LogP contribution in [0.25, 0.3) is 0 Å². The Morgan fingerprint density at radius 2 is 1.90 bits per heavy atom. The van der Waals surface area contributed by atoms with Crippen molar-refractivity contribution in [3.63, 3.8) is 0 Å². The molecule has 5 heteroatoms. The van der Waals surface area contributed by atoms with Crippen molar-refractivity contribution in [2.24, 2.45) is 23.2 Å².